The average Bonchev–Trinajstić information content (AvgIpc) is 3.36. The van der Waals surface area contributed by atoms with Gasteiger partial charge in [-0.2, -0.15) is 0 Å². The summed E-state index contributed by atoms with van der Waals surface area (Å²) >= 11 is 0. The van der Waals surface area contributed by atoms with Crippen molar-refractivity contribution in [2.24, 2.45) is 5.92 Å². The van der Waals surface area contributed by atoms with Crippen LogP contribution in [0, 0.1) is 26.7 Å². The maximum atomic E-state index is 6.35. The molecule has 0 saturated heterocycles. The quantitative estimate of drug-likeness (QED) is 0.234. The van der Waals surface area contributed by atoms with Crippen molar-refractivity contribution in [3.8, 4) is 22.4 Å². The molecule has 0 atom stereocenters. The van der Waals surface area contributed by atoms with Crippen molar-refractivity contribution in [3.05, 3.63) is 88.9 Å². The molecule has 0 saturated carbocycles. The molecular weight excluding hydrogens is 478 g/mol. The lowest BCUT2D eigenvalue weighted by atomic mass is 9.82. The number of pyridine rings is 1. The average molecular weight is 516 g/mol. The van der Waals surface area contributed by atoms with Gasteiger partial charge >= 0.3 is 0 Å². The van der Waals surface area contributed by atoms with Crippen LogP contribution in [0.5, 0.6) is 0 Å². The summed E-state index contributed by atoms with van der Waals surface area (Å²) in [6, 6.07) is 22.0. The summed E-state index contributed by atoms with van der Waals surface area (Å²) in [7, 11) is 0. The van der Waals surface area contributed by atoms with Crippen LogP contribution < -0.4 is 0 Å². The number of hydrogen-bond donors (Lipinski definition) is 0. The van der Waals surface area contributed by atoms with Gasteiger partial charge in [0, 0.05) is 27.6 Å². The lowest BCUT2D eigenvalue weighted by Crippen LogP contribution is -2.12. The standard InChI is InChI=1S/C36H37NO2/c1-20(2)15-28-23(5)38-33-14-13-25(17-30(28)33)29-19-32(37-34-21(3)22(4)39-35(29)34)26-16-24-11-9-10-12-27(24)31(18-26)36(6,7)8/h9-14,16-20H,15H2,1-8H3. The Morgan fingerprint density at radius 2 is 1.56 bits per heavy atom. The van der Waals surface area contributed by atoms with Gasteiger partial charge in [-0.05, 0) is 90.8 Å². The predicted molar refractivity (Wildman–Crippen MR) is 164 cm³/mol. The third-order valence-corrected chi connectivity index (χ3v) is 7.99. The minimum absolute atomic E-state index is 0.00167. The van der Waals surface area contributed by atoms with E-state index in [1.165, 1.54) is 27.3 Å². The van der Waals surface area contributed by atoms with Crippen LogP contribution in [0.4, 0.5) is 0 Å². The molecule has 39 heavy (non-hydrogen) atoms. The molecule has 0 bridgehead atoms. The van der Waals surface area contributed by atoms with Gasteiger partial charge in [0.2, 0.25) is 0 Å². The summed E-state index contributed by atoms with van der Waals surface area (Å²) in [5.74, 6) is 2.46. The van der Waals surface area contributed by atoms with Crippen LogP contribution >= 0.6 is 0 Å². The van der Waals surface area contributed by atoms with Gasteiger partial charge in [0.15, 0.2) is 5.58 Å². The highest BCUT2D eigenvalue weighted by Gasteiger charge is 2.22. The highest BCUT2D eigenvalue weighted by Crippen LogP contribution is 2.40. The van der Waals surface area contributed by atoms with Crippen molar-refractivity contribution >= 4 is 32.8 Å². The molecule has 0 fully saturated rings. The normalized spacial score (nSPS) is 12.4. The van der Waals surface area contributed by atoms with Gasteiger partial charge in [0.25, 0.3) is 0 Å². The molecule has 198 valence electrons. The van der Waals surface area contributed by atoms with Crippen LogP contribution in [0.15, 0.2) is 69.5 Å². The molecule has 0 spiro atoms. The number of rotatable bonds is 4. The Bertz CT molecular complexity index is 1870. The molecule has 3 heterocycles. The van der Waals surface area contributed by atoms with Crippen molar-refractivity contribution < 1.29 is 8.83 Å². The first-order valence-electron chi connectivity index (χ1n) is 14.0. The number of fused-ring (bicyclic) bond motifs is 3. The van der Waals surface area contributed by atoms with E-state index in [1.807, 2.05) is 6.92 Å². The van der Waals surface area contributed by atoms with Gasteiger partial charge in [-0.3, -0.25) is 0 Å². The summed E-state index contributed by atoms with van der Waals surface area (Å²) in [6.07, 6.45) is 0.991. The van der Waals surface area contributed by atoms with Crippen LogP contribution in [0.2, 0.25) is 0 Å². The largest absolute Gasteiger partial charge is 0.461 e. The molecule has 3 heteroatoms. The van der Waals surface area contributed by atoms with E-state index >= 15 is 0 Å². The van der Waals surface area contributed by atoms with E-state index in [0.717, 1.165) is 62.6 Å². The van der Waals surface area contributed by atoms with Crippen molar-refractivity contribution in [3.63, 3.8) is 0 Å². The highest BCUT2D eigenvalue weighted by atomic mass is 16.3. The zero-order valence-corrected chi connectivity index (χ0v) is 24.3. The predicted octanol–water partition coefficient (Wildman–Crippen LogP) is 10.5. The monoisotopic (exact) mass is 515 g/mol. The summed E-state index contributed by atoms with van der Waals surface area (Å²) < 4.78 is 12.5. The SMILES string of the molecule is Cc1oc2ccc(-c3cc(-c4cc(C(C)(C)C)c5ccccc5c4)nc4c(C)c(C)oc34)cc2c1CC(C)C. The van der Waals surface area contributed by atoms with Crippen LogP contribution in [0.25, 0.3) is 55.2 Å². The zero-order chi connectivity index (χ0) is 27.6. The maximum absolute atomic E-state index is 6.35. The Balaban J connectivity index is 1.63. The Kier molecular flexibility index (Phi) is 5.95. The first-order valence-corrected chi connectivity index (χ1v) is 14.0. The molecule has 3 aromatic heterocycles. The fourth-order valence-electron chi connectivity index (χ4n) is 5.83. The third kappa shape index (κ3) is 4.34. The Hall–Kier alpha value is -3.85. The molecule has 6 rings (SSSR count). The van der Waals surface area contributed by atoms with Crippen LogP contribution in [-0.2, 0) is 11.8 Å². The first kappa shape index (κ1) is 25.4. The van der Waals surface area contributed by atoms with Gasteiger partial charge < -0.3 is 8.83 Å². The summed E-state index contributed by atoms with van der Waals surface area (Å²) in [4.78, 5) is 5.19. The van der Waals surface area contributed by atoms with Crippen molar-refractivity contribution in [1.29, 1.82) is 0 Å². The topological polar surface area (TPSA) is 39.2 Å². The zero-order valence-electron chi connectivity index (χ0n) is 24.3. The summed E-state index contributed by atoms with van der Waals surface area (Å²) in [5.41, 5.74) is 10.7. The molecule has 0 unspecified atom stereocenters. The molecule has 6 aromatic rings. The number of hydrogen-bond acceptors (Lipinski definition) is 3. The fourth-order valence-corrected chi connectivity index (χ4v) is 5.83. The molecular formula is C36H37NO2. The minimum Gasteiger partial charge on any atom is -0.461 e. The van der Waals surface area contributed by atoms with Crippen LogP contribution in [0.3, 0.4) is 0 Å². The van der Waals surface area contributed by atoms with Gasteiger partial charge in [-0.25, -0.2) is 4.98 Å². The number of furan rings is 2. The summed E-state index contributed by atoms with van der Waals surface area (Å²) in [5, 5.41) is 3.71. The number of benzene rings is 3. The van der Waals surface area contributed by atoms with Gasteiger partial charge in [-0.15, -0.1) is 0 Å². The Morgan fingerprint density at radius 3 is 2.31 bits per heavy atom. The smallest absolute Gasteiger partial charge is 0.160 e. The van der Waals surface area contributed by atoms with Crippen molar-refractivity contribution in [1.82, 2.24) is 4.98 Å². The van der Waals surface area contributed by atoms with E-state index < -0.39 is 0 Å². The fraction of sp³-hybridized carbons (Fsp3) is 0.306. The number of nitrogens with zero attached hydrogens (tertiary/aromatic N) is 1. The van der Waals surface area contributed by atoms with Crippen LogP contribution in [-0.4, -0.2) is 4.98 Å². The second kappa shape index (κ2) is 9.12. The van der Waals surface area contributed by atoms with Crippen molar-refractivity contribution in [2.75, 3.05) is 0 Å². The van der Waals surface area contributed by atoms with Gasteiger partial charge in [-0.1, -0.05) is 65.0 Å². The van der Waals surface area contributed by atoms with Crippen LogP contribution in [0.1, 0.15) is 62.8 Å². The van der Waals surface area contributed by atoms with E-state index in [2.05, 4.69) is 109 Å². The maximum Gasteiger partial charge on any atom is 0.160 e. The van der Waals surface area contributed by atoms with E-state index in [1.54, 1.807) is 0 Å². The molecule has 0 N–H and O–H groups in total. The molecule has 0 aliphatic rings. The minimum atomic E-state index is 0.00167. The first-order chi connectivity index (χ1) is 18.5. The summed E-state index contributed by atoms with van der Waals surface area (Å²) in [6.45, 7) is 17.5. The number of aromatic nitrogens is 1. The molecule has 0 amide bonds. The third-order valence-electron chi connectivity index (χ3n) is 7.99. The highest BCUT2D eigenvalue weighted by molar-refractivity contribution is 5.99. The molecule has 0 aliphatic carbocycles. The van der Waals surface area contributed by atoms with E-state index in [9.17, 15) is 0 Å². The van der Waals surface area contributed by atoms with Gasteiger partial charge in [0.05, 0.1) is 5.69 Å². The lowest BCUT2D eigenvalue weighted by molar-refractivity contribution is 0.560. The Labute approximate surface area is 230 Å². The van der Waals surface area contributed by atoms with Gasteiger partial charge in [0.1, 0.15) is 22.6 Å². The van der Waals surface area contributed by atoms with E-state index in [4.69, 9.17) is 13.8 Å². The Morgan fingerprint density at radius 1 is 0.795 bits per heavy atom. The molecule has 0 radical (unpaired) electrons. The number of aryl methyl sites for hydroxylation is 3. The second-order valence-electron chi connectivity index (χ2n) is 12.5. The second-order valence-corrected chi connectivity index (χ2v) is 12.5. The molecule has 3 aromatic carbocycles. The van der Waals surface area contributed by atoms with Crippen molar-refractivity contribution in [2.45, 2.75) is 67.2 Å². The van der Waals surface area contributed by atoms with E-state index in [0.29, 0.717) is 5.92 Å². The lowest BCUT2D eigenvalue weighted by Gasteiger charge is -2.23. The molecule has 3 nitrogen and oxygen atoms in total. The molecule has 0 aliphatic heterocycles. The van der Waals surface area contributed by atoms with E-state index in [-0.39, 0.29) is 5.41 Å².